The summed E-state index contributed by atoms with van der Waals surface area (Å²) < 4.78 is 13.0. The fraction of sp³-hybridized carbons (Fsp3) is 0.667. The molecular weight excluding hydrogens is 472 g/mol. The van der Waals surface area contributed by atoms with Crippen LogP contribution in [0.4, 0.5) is 0 Å². The van der Waals surface area contributed by atoms with Gasteiger partial charge in [0.25, 0.3) is 0 Å². The zero-order valence-corrected chi connectivity index (χ0v) is 25.6. The number of rotatable bonds is 11. The van der Waals surface area contributed by atoms with Crippen molar-refractivity contribution >= 4 is 14.1 Å². The van der Waals surface area contributed by atoms with Gasteiger partial charge in [0.15, 0.2) is 8.32 Å². The molecule has 6 atom stereocenters. The lowest BCUT2D eigenvalue weighted by atomic mass is 9.50. The van der Waals surface area contributed by atoms with Crippen molar-refractivity contribution in [2.75, 3.05) is 0 Å². The average Bonchev–Trinajstić information content (AvgIpc) is 2.91. The predicted molar refractivity (Wildman–Crippen MR) is 158 cm³/mol. The lowest BCUT2D eigenvalue weighted by Gasteiger charge is -2.56. The summed E-state index contributed by atoms with van der Waals surface area (Å²) in [6, 6.07) is 10.5. The van der Waals surface area contributed by atoms with Crippen LogP contribution < -0.4 is 0 Å². The van der Waals surface area contributed by atoms with Crippen LogP contribution in [0, 0.1) is 28.1 Å². The van der Waals surface area contributed by atoms with Crippen molar-refractivity contribution in [3.63, 3.8) is 0 Å². The van der Waals surface area contributed by atoms with Gasteiger partial charge < -0.3 is 9.16 Å². The van der Waals surface area contributed by atoms with Crippen molar-refractivity contribution in [1.82, 2.24) is 0 Å². The van der Waals surface area contributed by atoms with Gasteiger partial charge in [0.2, 0.25) is 0 Å². The number of carbonyl (C=O) groups is 1. The molecule has 37 heavy (non-hydrogen) atoms. The third kappa shape index (κ3) is 6.75. The van der Waals surface area contributed by atoms with Gasteiger partial charge in [-0.2, -0.15) is 0 Å². The van der Waals surface area contributed by atoms with Gasteiger partial charge in [-0.15, -0.1) is 13.2 Å². The lowest BCUT2D eigenvalue weighted by Crippen LogP contribution is -2.54. The smallest absolute Gasteiger partial charge is 0.184 e. The van der Waals surface area contributed by atoms with E-state index in [1.807, 2.05) is 18.2 Å². The first-order valence-corrected chi connectivity index (χ1v) is 17.8. The van der Waals surface area contributed by atoms with Gasteiger partial charge >= 0.3 is 0 Å². The van der Waals surface area contributed by atoms with Crippen molar-refractivity contribution < 1.29 is 14.0 Å². The molecule has 0 radical (unpaired) electrons. The average molecular weight is 525 g/mol. The first-order chi connectivity index (χ1) is 17.3. The number of fused-ring (bicyclic) bond motifs is 1. The standard InChI is InChI=1S/C33H52O3Si/c1-10-15-27-30(34)32(5,21-18-26(11-2)36-37(7,8)9)22-19-28-31(3,4)29(20-23-33(27,28)6)35-24-25-16-13-12-14-17-25/h10-14,16-17,26-29H,1-2,15,18-24H2,3-9H3/t26?,27-,28+,29-,32+,33-/m1/s1. The normalized spacial score (nSPS) is 32.7. The molecule has 2 fully saturated rings. The van der Waals surface area contributed by atoms with Crippen LogP contribution >= 0.6 is 0 Å². The Hall–Kier alpha value is -1.49. The van der Waals surface area contributed by atoms with Crippen molar-refractivity contribution in [3.05, 3.63) is 61.2 Å². The van der Waals surface area contributed by atoms with Crippen LogP contribution in [0.25, 0.3) is 0 Å². The van der Waals surface area contributed by atoms with E-state index >= 15 is 0 Å². The molecular formula is C33H52O3Si. The second kappa shape index (κ2) is 11.7. The van der Waals surface area contributed by atoms with E-state index < -0.39 is 8.32 Å². The molecule has 1 aromatic rings. The number of carbonyl (C=O) groups excluding carboxylic acids is 1. The second-order valence-electron chi connectivity index (χ2n) is 13.8. The Labute approximate surface area is 228 Å². The summed E-state index contributed by atoms with van der Waals surface area (Å²) in [6.07, 6.45) is 10.6. The molecule has 2 aliphatic rings. The maximum Gasteiger partial charge on any atom is 0.184 e. The van der Waals surface area contributed by atoms with Gasteiger partial charge in [0, 0.05) is 11.3 Å². The predicted octanol–water partition coefficient (Wildman–Crippen LogP) is 8.76. The molecule has 4 heteroatoms. The first kappa shape index (κ1) is 30.1. The van der Waals surface area contributed by atoms with E-state index in [1.54, 1.807) is 0 Å². The van der Waals surface area contributed by atoms with E-state index in [-0.39, 0.29) is 34.4 Å². The number of allylic oxidation sites excluding steroid dienone is 1. The van der Waals surface area contributed by atoms with Gasteiger partial charge in [-0.05, 0) is 86.9 Å². The largest absolute Gasteiger partial charge is 0.411 e. The van der Waals surface area contributed by atoms with Gasteiger partial charge in [-0.25, -0.2) is 0 Å². The number of Topliss-reactive ketones (excluding diaryl/α,β-unsaturated/α-hetero) is 1. The Morgan fingerprint density at radius 2 is 1.73 bits per heavy atom. The molecule has 1 unspecified atom stereocenters. The van der Waals surface area contributed by atoms with Gasteiger partial charge in [-0.1, -0.05) is 70.2 Å². The summed E-state index contributed by atoms with van der Waals surface area (Å²) in [5.41, 5.74) is 0.801. The van der Waals surface area contributed by atoms with Crippen molar-refractivity contribution in [2.45, 2.75) is 111 Å². The molecule has 3 nitrogen and oxygen atoms in total. The van der Waals surface area contributed by atoms with Crippen LogP contribution in [-0.4, -0.2) is 26.3 Å². The van der Waals surface area contributed by atoms with Crippen LogP contribution in [0.3, 0.4) is 0 Å². The first-order valence-electron chi connectivity index (χ1n) is 14.4. The summed E-state index contributed by atoms with van der Waals surface area (Å²) >= 11 is 0. The van der Waals surface area contributed by atoms with Crippen LogP contribution in [0.2, 0.25) is 19.6 Å². The molecule has 0 N–H and O–H groups in total. The van der Waals surface area contributed by atoms with Crippen molar-refractivity contribution in [2.24, 2.45) is 28.1 Å². The summed E-state index contributed by atoms with van der Waals surface area (Å²) in [5, 5.41) is 0. The Morgan fingerprint density at radius 3 is 2.32 bits per heavy atom. The fourth-order valence-electron chi connectivity index (χ4n) is 7.49. The molecule has 0 bridgehead atoms. The molecule has 3 rings (SSSR count). The van der Waals surface area contributed by atoms with E-state index in [9.17, 15) is 4.79 Å². The Kier molecular flexibility index (Phi) is 9.52. The van der Waals surface area contributed by atoms with E-state index in [1.165, 1.54) is 5.56 Å². The fourth-order valence-corrected chi connectivity index (χ4v) is 8.61. The number of ether oxygens (including phenoxy) is 1. The Balaban J connectivity index is 1.84. The highest BCUT2D eigenvalue weighted by Gasteiger charge is 2.59. The maximum absolute atomic E-state index is 14.4. The molecule has 2 saturated carbocycles. The molecule has 0 spiro atoms. The number of ketones is 1. The zero-order valence-electron chi connectivity index (χ0n) is 24.6. The number of benzene rings is 1. The highest BCUT2D eigenvalue weighted by molar-refractivity contribution is 6.69. The molecule has 2 aliphatic carbocycles. The van der Waals surface area contributed by atoms with Gasteiger partial charge in [0.05, 0.1) is 18.8 Å². The van der Waals surface area contributed by atoms with Gasteiger partial charge in [0.1, 0.15) is 5.78 Å². The number of hydrogen-bond acceptors (Lipinski definition) is 3. The highest BCUT2D eigenvalue weighted by Crippen LogP contribution is 2.62. The summed E-state index contributed by atoms with van der Waals surface area (Å²) in [6.45, 7) is 24.8. The van der Waals surface area contributed by atoms with E-state index in [4.69, 9.17) is 9.16 Å². The Bertz CT molecular complexity index is 933. The van der Waals surface area contributed by atoms with Crippen LogP contribution in [0.1, 0.15) is 78.2 Å². The quantitative estimate of drug-likeness (QED) is 0.214. The van der Waals surface area contributed by atoms with E-state index in [0.717, 1.165) is 44.9 Å². The maximum atomic E-state index is 14.4. The third-order valence-corrected chi connectivity index (χ3v) is 10.6. The number of hydrogen-bond donors (Lipinski definition) is 0. The minimum Gasteiger partial charge on any atom is -0.411 e. The monoisotopic (exact) mass is 524 g/mol. The molecule has 0 amide bonds. The lowest BCUT2D eigenvalue weighted by molar-refractivity contribution is -0.155. The topological polar surface area (TPSA) is 35.5 Å². The Morgan fingerprint density at radius 1 is 1.05 bits per heavy atom. The summed E-state index contributed by atoms with van der Waals surface area (Å²) in [4.78, 5) is 14.4. The second-order valence-corrected chi connectivity index (χ2v) is 18.2. The molecule has 206 valence electrons. The van der Waals surface area contributed by atoms with E-state index in [2.05, 4.69) is 84.8 Å². The molecule has 1 aromatic carbocycles. The SMILES string of the molecule is C=CC[C@@H]1C(=O)[C@@](C)(CCC(C=C)O[Si](C)(C)C)CC[C@H]2C(C)(C)[C@H](OCc3ccccc3)CC[C@]12C. The van der Waals surface area contributed by atoms with Crippen molar-refractivity contribution in [1.29, 1.82) is 0 Å². The van der Waals surface area contributed by atoms with Crippen molar-refractivity contribution in [3.8, 4) is 0 Å². The molecule has 0 saturated heterocycles. The highest BCUT2D eigenvalue weighted by atomic mass is 28.4. The van der Waals surface area contributed by atoms with Crippen LogP contribution in [0.15, 0.2) is 55.6 Å². The molecule has 0 aromatic heterocycles. The summed E-state index contributed by atoms with van der Waals surface area (Å²) in [7, 11) is -1.69. The minimum absolute atomic E-state index is 0.00283. The van der Waals surface area contributed by atoms with Gasteiger partial charge in [-0.3, -0.25) is 4.79 Å². The van der Waals surface area contributed by atoms with Crippen LogP contribution in [0.5, 0.6) is 0 Å². The van der Waals surface area contributed by atoms with E-state index in [0.29, 0.717) is 18.3 Å². The van der Waals surface area contributed by atoms with Crippen LogP contribution in [-0.2, 0) is 20.6 Å². The minimum atomic E-state index is -1.69. The summed E-state index contributed by atoms with van der Waals surface area (Å²) in [5.74, 6) is 0.850. The molecule has 0 aliphatic heterocycles. The zero-order chi connectivity index (χ0) is 27.5. The third-order valence-electron chi connectivity index (χ3n) is 9.61. The molecule has 0 heterocycles.